The van der Waals surface area contributed by atoms with Crippen molar-refractivity contribution in [3.8, 4) is 11.5 Å². The summed E-state index contributed by atoms with van der Waals surface area (Å²) in [6.07, 6.45) is -2.67. The van der Waals surface area contributed by atoms with E-state index in [1.807, 2.05) is 78.9 Å². The number of ether oxygens (including phenoxy) is 5. The maximum absolute atomic E-state index is 12.9. The van der Waals surface area contributed by atoms with E-state index in [2.05, 4.69) is 4.98 Å². The topological polar surface area (TPSA) is 141 Å². The lowest BCUT2D eigenvalue weighted by Crippen LogP contribution is -2.50. The number of aliphatic hydroxyl groups excluding tert-OH is 1. The first-order valence-corrected chi connectivity index (χ1v) is 14.5. The quantitative estimate of drug-likeness (QED) is 0.204. The lowest BCUT2D eigenvalue weighted by Gasteiger charge is -2.37. The Bertz CT molecular complexity index is 1640. The lowest BCUT2D eigenvalue weighted by molar-refractivity contribution is -0.124. The molecule has 0 spiro atoms. The van der Waals surface area contributed by atoms with Crippen LogP contribution in [0, 0.1) is 6.92 Å². The molecule has 11 nitrogen and oxygen atoms in total. The molecular formula is C34H38N2O9. The summed E-state index contributed by atoms with van der Waals surface area (Å²) in [5.74, 6) is 1.33. The Labute approximate surface area is 260 Å². The maximum atomic E-state index is 12.9. The van der Waals surface area contributed by atoms with E-state index in [4.69, 9.17) is 23.7 Å². The smallest absolute Gasteiger partial charge is 0.330 e. The van der Waals surface area contributed by atoms with Gasteiger partial charge < -0.3 is 33.9 Å². The zero-order valence-electron chi connectivity index (χ0n) is 25.6. The molecule has 0 bridgehead atoms. The van der Waals surface area contributed by atoms with Crippen molar-refractivity contribution in [1.29, 1.82) is 0 Å². The van der Waals surface area contributed by atoms with E-state index in [1.165, 1.54) is 20.2 Å². The standard InChI is InChI=1S/C34H38N2O9/c1-22-20-36(32(39)35-30(22)38)31-33(40,18-19-41-2)29(37)28(45-31)21-44-34(23-8-6-5-7-9-23,24-10-14-26(42-3)15-11-24)25-12-16-27(43-4)17-13-25/h5-17,20,28-29,31,37,40H,18-19,21H2,1-4H3,(H,35,38,39)/t28-,29-,31-,33-/m1/s1. The number of rotatable bonds is 12. The van der Waals surface area contributed by atoms with Gasteiger partial charge in [-0.25, -0.2) is 4.79 Å². The van der Waals surface area contributed by atoms with Gasteiger partial charge in [-0.05, 0) is 47.9 Å². The van der Waals surface area contributed by atoms with Crippen molar-refractivity contribution in [3.63, 3.8) is 0 Å². The second-order valence-corrected chi connectivity index (χ2v) is 11.0. The molecule has 1 aromatic heterocycles. The van der Waals surface area contributed by atoms with Crippen LogP contribution in [0.4, 0.5) is 0 Å². The summed E-state index contributed by atoms with van der Waals surface area (Å²) in [6.45, 7) is 1.41. The zero-order valence-corrected chi connectivity index (χ0v) is 25.6. The molecule has 2 heterocycles. The molecule has 1 fully saturated rings. The van der Waals surface area contributed by atoms with Crippen molar-refractivity contribution < 1.29 is 33.9 Å². The minimum Gasteiger partial charge on any atom is -0.497 e. The van der Waals surface area contributed by atoms with Crippen molar-refractivity contribution in [1.82, 2.24) is 9.55 Å². The van der Waals surface area contributed by atoms with Crippen molar-refractivity contribution in [2.75, 3.05) is 34.5 Å². The molecule has 0 saturated carbocycles. The number of aliphatic hydroxyl groups is 2. The molecule has 3 aromatic carbocycles. The van der Waals surface area contributed by atoms with E-state index in [0.717, 1.165) is 21.3 Å². The largest absolute Gasteiger partial charge is 0.497 e. The van der Waals surface area contributed by atoms with Gasteiger partial charge in [0.05, 0.1) is 20.8 Å². The first-order valence-electron chi connectivity index (χ1n) is 14.5. The molecule has 5 rings (SSSR count). The molecule has 1 aliphatic rings. The van der Waals surface area contributed by atoms with Gasteiger partial charge in [0.2, 0.25) is 0 Å². The highest BCUT2D eigenvalue weighted by atomic mass is 16.6. The van der Waals surface area contributed by atoms with Crippen molar-refractivity contribution in [2.24, 2.45) is 0 Å². The van der Waals surface area contributed by atoms with Gasteiger partial charge >= 0.3 is 5.69 Å². The molecule has 0 amide bonds. The van der Waals surface area contributed by atoms with Crippen LogP contribution in [-0.4, -0.2) is 72.1 Å². The highest BCUT2D eigenvalue weighted by molar-refractivity contribution is 5.49. The van der Waals surface area contributed by atoms with Gasteiger partial charge in [-0.2, -0.15) is 0 Å². The van der Waals surface area contributed by atoms with Crippen LogP contribution in [-0.2, 0) is 19.8 Å². The number of H-pyrrole nitrogens is 1. The Balaban J connectivity index is 1.60. The van der Waals surface area contributed by atoms with Crippen LogP contribution in [0.3, 0.4) is 0 Å². The number of aromatic nitrogens is 2. The first-order chi connectivity index (χ1) is 21.7. The van der Waals surface area contributed by atoms with E-state index in [-0.39, 0.29) is 25.2 Å². The maximum Gasteiger partial charge on any atom is 0.330 e. The van der Waals surface area contributed by atoms with E-state index in [9.17, 15) is 19.8 Å². The number of nitrogens with zero attached hydrogens (tertiary/aromatic N) is 1. The number of hydrogen-bond acceptors (Lipinski definition) is 9. The number of aryl methyl sites for hydroxylation is 1. The minimum atomic E-state index is -1.95. The summed E-state index contributed by atoms with van der Waals surface area (Å²) in [4.78, 5) is 27.2. The number of hydrogen-bond donors (Lipinski definition) is 3. The summed E-state index contributed by atoms with van der Waals surface area (Å²) in [5, 5.41) is 23.5. The van der Waals surface area contributed by atoms with Crippen LogP contribution in [0.25, 0.3) is 0 Å². The molecular weight excluding hydrogens is 580 g/mol. The molecule has 45 heavy (non-hydrogen) atoms. The van der Waals surface area contributed by atoms with Crippen LogP contribution in [0.15, 0.2) is 94.6 Å². The van der Waals surface area contributed by atoms with Crippen LogP contribution >= 0.6 is 0 Å². The molecule has 3 N–H and O–H groups in total. The molecule has 0 radical (unpaired) electrons. The van der Waals surface area contributed by atoms with E-state index in [1.54, 1.807) is 14.2 Å². The second-order valence-electron chi connectivity index (χ2n) is 11.0. The van der Waals surface area contributed by atoms with Gasteiger partial charge in [-0.1, -0.05) is 54.6 Å². The SMILES string of the molecule is COCC[C@@]1(O)[C@H](O)[C@@H](COC(c2ccccc2)(c2ccc(OC)cc2)c2ccc(OC)cc2)O[C@H]1n1cc(C)c(=O)[nH]c1=O. The van der Waals surface area contributed by atoms with Crippen molar-refractivity contribution in [3.05, 3.63) is 128 Å². The fraction of sp³-hybridized carbons (Fsp3) is 0.353. The van der Waals surface area contributed by atoms with Gasteiger partial charge in [0.25, 0.3) is 5.56 Å². The Kier molecular flexibility index (Phi) is 9.56. The summed E-state index contributed by atoms with van der Waals surface area (Å²) in [7, 11) is 4.65. The van der Waals surface area contributed by atoms with E-state index < -0.39 is 40.9 Å². The third-order valence-corrected chi connectivity index (χ3v) is 8.34. The van der Waals surface area contributed by atoms with Crippen molar-refractivity contribution in [2.45, 2.75) is 43.0 Å². The van der Waals surface area contributed by atoms with E-state index >= 15 is 0 Å². The average molecular weight is 619 g/mol. The molecule has 238 valence electrons. The molecule has 0 unspecified atom stereocenters. The number of methoxy groups -OCH3 is 3. The zero-order chi connectivity index (χ0) is 32.2. The summed E-state index contributed by atoms with van der Waals surface area (Å²) in [6, 6.07) is 24.6. The van der Waals surface area contributed by atoms with Crippen LogP contribution in [0.5, 0.6) is 11.5 Å². The fourth-order valence-electron chi connectivity index (χ4n) is 5.84. The number of nitrogens with one attached hydrogen (secondary N) is 1. The van der Waals surface area contributed by atoms with Gasteiger partial charge in [0.15, 0.2) is 6.23 Å². The Hall–Kier alpha value is -4.26. The molecule has 1 saturated heterocycles. The normalized spacial score (nSPS) is 21.5. The predicted octanol–water partition coefficient (Wildman–Crippen LogP) is 2.90. The molecule has 4 aromatic rings. The van der Waals surface area contributed by atoms with Crippen LogP contribution in [0.2, 0.25) is 0 Å². The minimum absolute atomic E-state index is 0.0583. The third-order valence-electron chi connectivity index (χ3n) is 8.34. The molecule has 0 aliphatic carbocycles. The first kappa shape index (κ1) is 32.1. The Morgan fingerprint density at radius 2 is 1.44 bits per heavy atom. The molecule has 11 heteroatoms. The number of benzene rings is 3. The summed E-state index contributed by atoms with van der Waals surface area (Å²) in [5.41, 5.74) is -1.92. The highest BCUT2D eigenvalue weighted by Gasteiger charge is 2.57. The Morgan fingerprint density at radius 1 is 0.889 bits per heavy atom. The van der Waals surface area contributed by atoms with E-state index in [0.29, 0.717) is 11.5 Å². The van der Waals surface area contributed by atoms with Gasteiger partial charge in [0.1, 0.15) is 34.9 Å². The summed E-state index contributed by atoms with van der Waals surface area (Å²) < 4.78 is 30.3. The van der Waals surface area contributed by atoms with Crippen LogP contribution < -0.4 is 20.7 Å². The van der Waals surface area contributed by atoms with Gasteiger partial charge in [-0.3, -0.25) is 14.3 Å². The van der Waals surface area contributed by atoms with Crippen molar-refractivity contribution >= 4 is 0 Å². The average Bonchev–Trinajstić information content (AvgIpc) is 3.32. The third kappa shape index (κ3) is 6.05. The fourth-order valence-corrected chi connectivity index (χ4v) is 5.84. The molecule has 4 atom stereocenters. The lowest BCUT2D eigenvalue weighted by atomic mass is 9.80. The van der Waals surface area contributed by atoms with Gasteiger partial charge in [0, 0.05) is 31.9 Å². The number of aromatic amines is 1. The monoisotopic (exact) mass is 618 g/mol. The summed E-state index contributed by atoms with van der Waals surface area (Å²) >= 11 is 0. The Morgan fingerprint density at radius 3 is 1.98 bits per heavy atom. The van der Waals surface area contributed by atoms with Gasteiger partial charge in [-0.15, -0.1) is 0 Å². The highest BCUT2D eigenvalue weighted by Crippen LogP contribution is 2.45. The second kappa shape index (κ2) is 13.4. The molecule has 1 aliphatic heterocycles. The van der Waals surface area contributed by atoms with Crippen LogP contribution in [0.1, 0.15) is 34.9 Å². The predicted molar refractivity (Wildman–Crippen MR) is 166 cm³/mol.